The smallest absolute Gasteiger partial charge is 0.335 e. The lowest BCUT2D eigenvalue weighted by Crippen LogP contribution is -2.00. The molecule has 0 amide bonds. The van der Waals surface area contributed by atoms with E-state index in [1.807, 2.05) is 0 Å². The molecule has 0 fully saturated rings. The first kappa shape index (κ1) is 11.4. The number of fused-ring (bicyclic) bond motifs is 1. The minimum absolute atomic E-state index is 0.218. The van der Waals surface area contributed by atoms with Gasteiger partial charge >= 0.3 is 5.97 Å². The van der Waals surface area contributed by atoms with E-state index in [2.05, 4.69) is 15.1 Å². The van der Waals surface area contributed by atoms with E-state index in [-0.39, 0.29) is 5.56 Å². The van der Waals surface area contributed by atoms with Crippen LogP contribution in [0.4, 0.5) is 0 Å². The summed E-state index contributed by atoms with van der Waals surface area (Å²) in [5.41, 5.74) is 1.66. The predicted octanol–water partition coefficient (Wildman–Crippen LogP) is 1.47. The third-order valence-electron chi connectivity index (χ3n) is 2.74. The second kappa shape index (κ2) is 4.20. The number of aryl methyl sites for hydroxylation is 1. The normalized spacial score (nSPS) is 11.0. The zero-order chi connectivity index (χ0) is 13.4. The van der Waals surface area contributed by atoms with E-state index in [0.717, 1.165) is 11.0 Å². The zero-order valence-corrected chi connectivity index (χ0v) is 10.1. The Hall–Kier alpha value is -2.70. The van der Waals surface area contributed by atoms with Crippen LogP contribution in [0.15, 0.2) is 29.0 Å². The van der Waals surface area contributed by atoms with E-state index < -0.39 is 5.97 Å². The van der Waals surface area contributed by atoms with E-state index in [1.165, 1.54) is 6.07 Å². The van der Waals surface area contributed by atoms with Crippen molar-refractivity contribution < 1.29 is 14.4 Å². The van der Waals surface area contributed by atoms with Crippen LogP contribution in [-0.2, 0) is 6.54 Å². The summed E-state index contributed by atoms with van der Waals surface area (Å²) in [6.07, 6.45) is 1.62. The average Bonchev–Trinajstić information content (AvgIpc) is 2.96. The van der Waals surface area contributed by atoms with Crippen molar-refractivity contribution in [3.63, 3.8) is 0 Å². The molecule has 96 valence electrons. The summed E-state index contributed by atoms with van der Waals surface area (Å²) in [6.45, 7) is 2.10. The van der Waals surface area contributed by atoms with Crippen LogP contribution in [0.1, 0.15) is 22.1 Å². The maximum atomic E-state index is 11.0. The minimum Gasteiger partial charge on any atom is -0.478 e. The highest BCUT2D eigenvalue weighted by atomic mass is 16.5. The topological polar surface area (TPSA) is 94.0 Å². The van der Waals surface area contributed by atoms with E-state index in [1.54, 1.807) is 30.0 Å². The Labute approximate surface area is 107 Å². The minimum atomic E-state index is -0.969. The van der Waals surface area contributed by atoms with Gasteiger partial charge in [0.1, 0.15) is 6.54 Å². The van der Waals surface area contributed by atoms with Gasteiger partial charge in [0.05, 0.1) is 22.9 Å². The molecule has 3 aromatic rings. The predicted molar refractivity (Wildman–Crippen MR) is 64.8 cm³/mol. The van der Waals surface area contributed by atoms with Crippen molar-refractivity contribution in [1.29, 1.82) is 0 Å². The molecule has 0 atom stereocenters. The van der Waals surface area contributed by atoms with Crippen LogP contribution in [0.3, 0.4) is 0 Å². The van der Waals surface area contributed by atoms with Crippen LogP contribution in [-0.4, -0.2) is 30.8 Å². The Kier molecular flexibility index (Phi) is 2.52. The number of carboxylic acids is 1. The van der Waals surface area contributed by atoms with Gasteiger partial charge in [0.25, 0.3) is 0 Å². The molecule has 1 N–H and O–H groups in total. The number of hydrogen-bond acceptors (Lipinski definition) is 5. The number of carboxylic acid groups (broad SMARTS) is 1. The van der Waals surface area contributed by atoms with Crippen molar-refractivity contribution in [3.8, 4) is 0 Å². The third kappa shape index (κ3) is 2.05. The summed E-state index contributed by atoms with van der Waals surface area (Å²) in [7, 11) is 0. The van der Waals surface area contributed by atoms with Gasteiger partial charge in [-0.05, 0) is 25.1 Å². The van der Waals surface area contributed by atoms with Crippen molar-refractivity contribution in [1.82, 2.24) is 19.7 Å². The molecule has 0 saturated carbocycles. The molecule has 0 spiro atoms. The van der Waals surface area contributed by atoms with Gasteiger partial charge < -0.3 is 14.2 Å². The largest absolute Gasteiger partial charge is 0.478 e. The fraction of sp³-hybridized carbons (Fsp3) is 0.167. The van der Waals surface area contributed by atoms with Gasteiger partial charge in [0.15, 0.2) is 5.82 Å². The van der Waals surface area contributed by atoms with Crippen molar-refractivity contribution in [2.75, 3.05) is 0 Å². The summed E-state index contributed by atoms with van der Waals surface area (Å²) >= 11 is 0. The Morgan fingerprint density at radius 2 is 2.32 bits per heavy atom. The first-order valence-electron chi connectivity index (χ1n) is 5.61. The number of aromatic carboxylic acids is 1. The van der Waals surface area contributed by atoms with Gasteiger partial charge in [-0.25, -0.2) is 9.78 Å². The standard InChI is InChI=1S/C12H10N4O3/c1-7-14-11(19-15-7)5-16-6-13-9-3-2-8(12(17)18)4-10(9)16/h2-4,6H,5H2,1H3,(H,17,18). The van der Waals surface area contributed by atoms with Crippen LogP contribution in [0.25, 0.3) is 11.0 Å². The highest BCUT2D eigenvalue weighted by Crippen LogP contribution is 2.16. The number of imidazole rings is 1. The third-order valence-corrected chi connectivity index (χ3v) is 2.74. The number of aromatic nitrogens is 4. The first-order chi connectivity index (χ1) is 9.13. The molecule has 0 aliphatic heterocycles. The van der Waals surface area contributed by atoms with Crippen molar-refractivity contribution in [2.45, 2.75) is 13.5 Å². The molecular weight excluding hydrogens is 248 g/mol. The maximum absolute atomic E-state index is 11.0. The molecule has 1 aromatic carbocycles. The number of nitrogens with zero attached hydrogens (tertiary/aromatic N) is 4. The second-order valence-electron chi connectivity index (χ2n) is 4.12. The number of carbonyl (C=O) groups is 1. The summed E-state index contributed by atoms with van der Waals surface area (Å²) in [4.78, 5) is 19.3. The van der Waals surface area contributed by atoms with E-state index in [9.17, 15) is 4.79 Å². The Bertz CT molecular complexity index is 759. The molecule has 7 nitrogen and oxygen atoms in total. The van der Waals surface area contributed by atoms with E-state index in [4.69, 9.17) is 9.63 Å². The summed E-state index contributed by atoms with van der Waals surface area (Å²) in [5.74, 6) is 0.0476. The lowest BCUT2D eigenvalue weighted by molar-refractivity contribution is 0.0697. The van der Waals surface area contributed by atoms with Gasteiger partial charge in [0, 0.05) is 0 Å². The van der Waals surface area contributed by atoms with E-state index in [0.29, 0.717) is 18.3 Å². The average molecular weight is 258 g/mol. The highest BCUT2D eigenvalue weighted by molar-refractivity contribution is 5.92. The maximum Gasteiger partial charge on any atom is 0.335 e. The SMILES string of the molecule is Cc1noc(Cn2cnc3ccc(C(=O)O)cc32)n1. The Balaban J connectivity index is 2.03. The van der Waals surface area contributed by atoms with Crippen molar-refractivity contribution >= 4 is 17.0 Å². The molecule has 2 aromatic heterocycles. The molecule has 0 radical (unpaired) electrons. The molecule has 0 aliphatic carbocycles. The van der Waals surface area contributed by atoms with Gasteiger partial charge in [-0.1, -0.05) is 5.16 Å². The molecule has 3 rings (SSSR count). The molecule has 0 bridgehead atoms. The molecule has 0 saturated heterocycles. The number of hydrogen-bond donors (Lipinski definition) is 1. The molecule has 19 heavy (non-hydrogen) atoms. The number of benzene rings is 1. The fourth-order valence-electron chi connectivity index (χ4n) is 1.87. The first-order valence-corrected chi connectivity index (χ1v) is 5.61. The van der Waals surface area contributed by atoms with Crippen LogP contribution >= 0.6 is 0 Å². The van der Waals surface area contributed by atoms with Crippen LogP contribution in [0.5, 0.6) is 0 Å². The monoisotopic (exact) mass is 258 g/mol. The van der Waals surface area contributed by atoms with Crippen LogP contribution in [0.2, 0.25) is 0 Å². The molecular formula is C12H10N4O3. The van der Waals surface area contributed by atoms with Gasteiger partial charge in [-0.2, -0.15) is 4.98 Å². The molecule has 0 aliphatic rings. The van der Waals surface area contributed by atoms with E-state index >= 15 is 0 Å². The fourth-order valence-corrected chi connectivity index (χ4v) is 1.87. The lowest BCUT2D eigenvalue weighted by Gasteiger charge is -2.00. The molecule has 2 heterocycles. The van der Waals surface area contributed by atoms with Gasteiger partial charge in [-0.3, -0.25) is 0 Å². The molecule has 0 unspecified atom stereocenters. The summed E-state index contributed by atoms with van der Waals surface area (Å²) < 4.78 is 6.81. The zero-order valence-electron chi connectivity index (χ0n) is 10.1. The second-order valence-corrected chi connectivity index (χ2v) is 4.12. The Morgan fingerprint density at radius 1 is 1.47 bits per heavy atom. The van der Waals surface area contributed by atoms with Gasteiger partial charge in [-0.15, -0.1) is 0 Å². The van der Waals surface area contributed by atoms with Crippen molar-refractivity contribution in [2.24, 2.45) is 0 Å². The quantitative estimate of drug-likeness (QED) is 0.764. The number of rotatable bonds is 3. The molecule has 7 heteroatoms. The lowest BCUT2D eigenvalue weighted by atomic mass is 10.2. The highest BCUT2D eigenvalue weighted by Gasteiger charge is 2.10. The Morgan fingerprint density at radius 3 is 3.00 bits per heavy atom. The van der Waals surface area contributed by atoms with Crippen LogP contribution in [0, 0.1) is 6.92 Å². The summed E-state index contributed by atoms with van der Waals surface area (Å²) in [5, 5.41) is 12.7. The summed E-state index contributed by atoms with van der Waals surface area (Å²) in [6, 6.07) is 4.78. The van der Waals surface area contributed by atoms with Gasteiger partial charge in [0.2, 0.25) is 5.89 Å². The van der Waals surface area contributed by atoms with Crippen LogP contribution < -0.4 is 0 Å². The van der Waals surface area contributed by atoms with Crippen molar-refractivity contribution in [3.05, 3.63) is 41.8 Å².